The molecular formula is C15H22N2. The van der Waals surface area contributed by atoms with Crippen molar-refractivity contribution in [3.8, 4) is 0 Å². The third kappa shape index (κ3) is 1.85. The summed E-state index contributed by atoms with van der Waals surface area (Å²) in [6.07, 6.45) is 7.66. The van der Waals surface area contributed by atoms with Crippen molar-refractivity contribution < 1.29 is 0 Å². The van der Waals surface area contributed by atoms with E-state index in [1.807, 2.05) is 0 Å². The Bertz CT molecular complexity index is 431. The highest BCUT2D eigenvalue weighted by Gasteiger charge is 2.23. The molecule has 1 aliphatic heterocycles. The molecule has 2 heteroatoms. The van der Waals surface area contributed by atoms with Gasteiger partial charge in [-0.05, 0) is 74.2 Å². The van der Waals surface area contributed by atoms with Crippen molar-refractivity contribution >= 4 is 5.69 Å². The minimum Gasteiger partial charge on any atom is -0.398 e. The number of rotatable bonds is 1. The highest BCUT2D eigenvalue weighted by atomic mass is 14.9. The van der Waals surface area contributed by atoms with E-state index in [-0.39, 0.29) is 0 Å². The van der Waals surface area contributed by atoms with Gasteiger partial charge in [0.05, 0.1) is 0 Å². The van der Waals surface area contributed by atoms with Gasteiger partial charge in [-0.25, -0.2) is 0 Å². The number of nitrogens with two attached hydrogens (primary N) is 1. The van der Waals surface area contributed by atoms with E-state index in [0.717, 1.165) is 12.2 Å². The smallest absolute Gasteiger partial charge is 0.0395 e. The molecule has 0 bridgehead atoms. The molecule has 92 valence electrons. The first kappa shape index (κ1) is 11.1. The fourth-order valence-electron chi connectivity index (χ4n) is 3.40. The van der Waals surface area contributed by atoms with E-state index in [2.05, 4.69) is 18.3 Å². The Morgan fingerprint density at radius 2 is 2.06 bits per heavy atom. The Morgan fingerprint density at radius 3 is 2.82 bits per heavy atom. The average Bonchev–Trinajstić information content (AvgIpc) is 2.87. The van der Waals surface area contributed by atoms with Gasteiger partial charge in [0.1, 0.15) is 0 Å². The lowest BCUT2D eigenvalue weighted by Gasteiger charge is -2.24. The Morgan fingerprint density at radius 1 is 1.24 bits per heavy atom. The minimum absolute atomic E-state index is 0.501. The van der Waals surface area contributed by atoms with E-state index in [1.165, 1.54) is 55.2 Å². The molecule has 3 rings (SSSR count). The van der Waals surface area contributed by atoms with Crippen LogP contribution in [-0.2, 0) is 12.8 Å². The molecule has 0 spiro atoms. The van der Waals surface area contributed by atoms with Crippen molar-refractivity contribution in [1.29, 1.82) is 0 Å². The number of benzene rings is 1. The maximum Gasteiger partial charge on any atom is 0.0395 e. The molecule has 1 saturated heterocycles. The lowest BCUT2D eigenvalue weighted by molar-refractivity contribution is 0.639. The molecule has 0 radical (unpaired) electrons. The number of hydrogen-bond donors (Lipinski definition) is 2. The van der Waals surface area contributed by atoms with Crippen molar-refractivity contribution in [2.75, 3.05) is 12.3 Å². The van der Waals surface area contributed by atoms with Crippen LogP contribution in [0.15, 0.2) is 6.07 Å². The quantitative estimate of drug-likeness (QED) is 0.728. The fourth-order valence-corrected chi connectivity index (χ4v) is 3.40. The van der Waals surface area contributed by atoms with Crippen LogP contribution in [0.4, 0.5) is 5.69 Å². The van der Waals surface area contributed by atoms with Gasteiger partial charge >= 0.3 is 0 Å². The second-order valence-electron chi connectivity index (χ2n) is 5.50. The van der Waals surface area contributed by atoms with Crippen molar-refractivity contribution in [2.45, 2.75) is 51.5 Å². The topological polar surface area (TPSA) is 38.0 Å². The minimum atomic E-state index is 0.501. The van der Waals surface area contributed by atoms with Crippen LogP contribution in [0.25, 0.3) is 0 Å². The highest BCUT2D eigenvalue weighted by molar-refractivity contribution is 5.61. The molecule has 1 fully saturated rings. The second kappa shape index (κ2) is 4.34. The third-order valence-corrected chi connectivity index (χ3v) is 4.44. The predicted molar refractivity (Wildman–Crippen MR) is 72.2 cm³/mol. The van der Waals surface area contributed by atoms with E-state index in [9.17, 15) is 0 Å². The van der Waals surface area contributed by atoms with Gasteiger partial charge < -0.3 is 11.1 Å². The summed E-state index contributed by atoms with van der Waals surface area (Å²) in [5.41, 5.74) is 13.2. The van der Waals surface area contributed by atoms with Crippen LogP contribution in [0.5, 0.6) is 0 Å². The van der Waals surface area contributed by atoms with E-state index in [4.69, 9.17) is 5.73 Å². The monoisotopic (exact) mass is 230 g/mol. The summed E-state index contributed by atoms with van der Waals surface area (Å²) >= 11 is 0. The van der Waals surface area contributed by atoms with Crippen LogP contribution in [0, 0.1) is 6.92 Å². The van der Waals surface area contributed by atoms with Gasteiger partial charge in [-0.2, -0.15) is 0 Å². The molecular weight excluding hydrogens is 208 g/mol. The standard InChI is InChI=1S/C15H22N2/c1-10-12-6-3-2-5-11(12)9-13(15(10)16)14-7-4-8-17-14/h9,14,17H,2-8,16H2,1H3/t14-/m0/s1. The van der Waals surface area contributed by atoms with Gasteiger partial charge in [0, 0.05) is 11.7 Å². The second-order valence-corrected chi connectivity index (χ2v) is 5.50. The Kier molecular flexibility index (Phi) is 2.83. The molecule has 0 amide bonds. The van der Waals surface area contributed by atoms with Crippen molar-refractivity contribution in [3.63, 3.8) is 0 Å². The van der Waals surface area contributed by atoms with Gasteiger partial charge in [0.25, 0.3) is 0 Å². The predicted octanol–water partition coefficient (Wildman–Crippen LogP) is 2.88. The summed E-state index contributed by atoms with van der Waals surface area (Å²) in [5.74, 6) is 0. The number of hydrogen-bond acceptors (Lipinski definition) is 2. The summed E-state index contributed by atoms with van der Waals surface area (Å²) in [4.78, 5) is 0. The van der Waals surface area contributed by atoms with Gasteiger partial charge in [0.2, 0.25) is 0 Å². The summed E-state index contributed by atoms with van der Waals surface area (Å²) in [6, 6.07) is 2.89. The van der Waals surface area contributed by atoms with Crippen LogP contribution in [0.3, 0.4) is 0 Å². The number of anilines is 1. The van der Waals surface area contributed by atoms with Crippen LogP contribution in [0.2, 0.25) is 0 Å². The lowest BCUT2D eigenvalue weighted by Crippen LogP contribution is -2.17. The molecule has 1 aromatic rings. The Labute approximate surface area is 104 Å². The molecule has 1 aromatic carbocycles. The van der Waals surface area contributed by atoms with E-state index < -0.39 is 0 Å². The van der Waals surface area contributed by atoms with Crippen LogP contribution >= 0.6 is 0 Å². The maximum atomic E-state index is 6.35. The van der Waals surface area contributed by atoms with Crippen LogP contribution in [-0.4, -0.2) is 6.54 Å². The van der Waals surface area contributed by atoms with Crippen molar-refractivity contribution in [2.24, 2.45) is 0 Å². The van der Waals surface area contributed by atoms with Gasteiger partial charge in [-0.1, -0.05) is 6.07 Å². The van der Waals surface area contributed by atoms with Crippen LogP contribution < -0.4 is 11.1 Å². The SMILES string of the molecule is Cc1c(N)c([C@@H]2CCCN2)cc2c1CCCC2. The first-order valence-corrected chi connectivity index (χ1v) is 6.91. The zero-order chi connectivity index (χ0) is 11.8. The zero-order valence-corrected chi connectivity index (χ0v) is 10.7. The fraction of sp³-hybridized carbons (Fsp3) is 0.600. The number of nitrogens with one attached hydrogen (secondary N) is 1. The van der Waals surface area contributed by atoms with Crippen molar-refractivity contribution in [1.82, 2.24) is 5.32 Å². The summed E-state index contributed by atoms with van der Waals surface area (Å²) in [6.45, 7) is 3.35. The molecule has 0 saturated carbocycles. The first-order valence-electron chi connectivity index (χ1n) is 6.91. The van der Waals surface area contributed by atoms with E-state index >= 15 is 0 Å². The number of nitrogen functional groups attached to an aromatic ring is 1. The molecule has 1 aliphatic carbocycles. The highest BCUT2D eigenvalue weighted by Crippen LogP contribution is 2.35. The molecule has 3 N–H and O–H groups in total. The zero-order valence-electron chi connectivity index (χ0n) is 10.7. The molecule has 2 nitrogen and oxygen atoms in total. The average molecular weight is 230 g/mol. The van der Waals surface area contributed by atoms with Crippen LogP contribution in [0.1, 0.15) is 54.0 Å². The number of fused-ring (bicyclic) bond motifs is 1. The molecule has 1 atom stereocenters. The van der Waals surface area contributed by atoms with Crippen molar-refractivity contribution in [3.05, 3.63) is 28.3 Å². The Hall–Kier alpha value is -1.02. The maximum absolute atomic E-state index is 6.35. The lowest BCUT2D eigenvalue weighted by atomic mass is 9.84. The van der Waals surface area contributed by atoms with Gasteiger partial charge in [-0.15, -0.1) is 0 Å². The molecule has 0 unspecified atom stereocenters. The third-order valence-electron chi connectivity index (χ3n) is 4.44. The number of aryl methyl sites for hydroxylation is 1. The summed E-state index contributed by atoms with van der Waals surface area (Å²) < 4.78 is 0. The van der Waals surface area contributed by atoms with Gasteiger partial charge in [-0.3, -0.25) is 0 Å². The molecule has 17 heavy (non-hydrogen) atoms. The molecule has 2 aliphatic rings. The largest absolute Gasteiger partial charge is 0.398 e. The van der Waals surface area contributed by atoms with Gasteiger partial charge in [0.15, 0.2) is 0 Å². The Balaban J connectivity index is 2.06. The summed E-state index contributed by atoms with van der Waals surface area (Å²) in [5, 5.41) is 3.57. The normalized spacial score (nSPS) is 23.7. The van der Waals surface area contributed by atoms with E-state index in [0.29, 0.717) is 6.04 Å². The molecule has 0 aromatic heterocycles. The summed E-state index contributed by atoms with van der Waals surface area (Å²) in [7, 11) is 0. The van der Waals surface area contributed by atoms with E-state index in [1.54, 1.807) is 5.56 Å². The molecule has 1 heterocycles. The first-order chi connectivity index (χ1) is 8.27.